The van der Waals surface area contributed by atoms with Crippen LogP contribution in [0.5, 0.6) is 0 Å². The zero-order valence-corrected chi connectivity index (χ0v) is 15.1. The molecule has 0 saturated heterocycles. The zero-order valence-electron chi connectivity index (χ0n) is 13.5. The predicted octanol–water partition coefficient (Wildman–Crippen LogP) is 3.15. The van der Waals surface area contributed by atoms with Crippen LogP contribution in [0.15, 0.2) is 47.6 Å². The molecular weight excluding hydrogens is 377 g/mol. The average molecular weight is 392 g/mol. The molecule has 6 nitrogen and oxygen atoms in total. The van der Waals surface area contributed by atoms with Crippen molar-refractivity contribution >= 4 is 46.4 Å². The maximum atomic E-state index is 12.4. The highest BCUT2D eigenvalue weighted by molar-refractivity contribution is 6.37. The Kier molecular flexibility index (Phi) is 5.44. The van der Waals surface area contributed by atoms with Crippen molar-refractivity contribution in [2.24, 2.45) is 10.9 Å². The van der Waals surface area contributed by atoms with Gasteiger partial charge in [0.2, 0.25) is 12.0 Å². The van der Waals surface area contributed by atoms with Crippen molar-refractivity contribution in [1.29, 1.82) is 0 Å². The van der Waals surface area contributed by atoms with Gasteiger partial charge in [-0.15, -0.1) is 0 Å². The molecule has 0 unspecified atom stereocenters. The number of nitrogens with one attached hydrogen (secondary N) is 1. The number of rotatable bonds is 5. The second-order valence-corrected chi connectivity index (χ2v) is 6.63. The average Bonchev–Trinajstić information content (AvgIpc) is 3.06. The van der Waals surface area contributed by atoms with Gasteiger partial charge in [-0.25, -0.2) is 0 Å². The minimum absolute atomic E-state index is 0.152. The molecule has 0 fully saturated rings. The number of anilines is 1. The van der Waals surface area contributed by atoms with Gasteiger partial charge in [-0.3, -0.25) is 9.59 Å². The van der Waals surface area contributed by atoms with Gasteiger partial charge < -0.3 is 15.9 Å². The van der Waals surface area contributed by atoms with Crippen LogP contribution in [0.1, 0.15) is 17.5 Å². The summed E-state index contributed by atoms with van der Waals surface area (Å²) in [4.78, 5) is 28.5. The van der Waals surface area contributed by atoms with E-state index in [2.05, 4.69) is 10.5 Å². The second-order valence-electron chi connectivity index (χ2n) is 5.79. The van der Waals surface area contributed by atoms with Gasteiger partial charge in [-0.2, -0.15) is 0 Å². The van der Waals surface area contributed by atoms with Crippen molar-refractivity contribution < 1.29 is 14.4 Å². The summed E-state index contributed by atoms with van der Waals surface area (Å²) in [7, 11) is 0. The fourth-order valence-electron chi connectivity index (χ4n) is 2.53. The molecule has 26 heavy (non-hydrogen) atoms. The first-order valence-electron chi connectivity index (χ1n) is 7.78. The molecule has 3 rings (SSSR count). The van der Waals surface area contributed by atoms with Crippen molar-refractivity contribution in [2.45, 2.75) is 18.9 Å². The Morgan fingerprint density at radius 3 is 2.58 bits per heavy atom. The third-order valence-electron chi connectivity index (χ3n) is 3.80. The van der Waals surface area contributed by atoms with Crippen molar-refractivity contribution in [2.75, 3.05) is 5.32 Å². The highest BCUT2D eigenvalue weighted by Gasteiger charge is 2.29. The topological polar surface area (TPSA) is 93.8 Å². The van der Waals surface area contributed by atoms with Gasteiger partial charge in [0, 0.05) is 22.7 Å². The number of oxime groups is 1. The van der Waals surface area contributed by atoms with E-state index in [0.29, 0.717) is 33.4 Å². The monoisotopic (exact) mass is 391 g/mol. The van der Waals surface area contributed by atoms with E-state index < -0.39 is 12.0 Å². The largest absolute Gasteiger partial charge is 0.382 e. The molecule has 0 aromatic heterocycles. The van der Waals surface area contributed by atoms with E-state index in [1.54, 1.807) is 42.5 Å². The first kappa shape index (κ1) is 18.2. The molecule has 0 radical (unpaired) electrons. The van der Waals surface area contributed by atoms with Crippen LogP contribution in [0.25, 0.3) is 0 Å². The second kappa shape index (κ2) is 7.76. The van der Waals surface area contributed by atoms with E-state index in [0.717, 1.165) is 5.56 Å². The van der Waals surface area contributed by atoms with Crippen molar-refractivity contribution in [3.05, 3.63) is 63.6 Å². The minimum atomic E-state index is -0.748. The fourth-order valence-corrected chi connectivity index (χ4v) is 3.05. The maximum Gasteiger partial charge on any atom is 0.268 e. The Balaban J connectivity index is 1.61. The molecule has 0 bridgehead atoms. The first-order chi connectivity index (χ1) is 12.4. The summed E-state index contributed by atoms with van der Waals surface area (Å²) >= 11 is 12.0. The molecule has 0 saturated carbocycles. The molecule has 1 aliphatic rings. The van der Waals surface area contributed by atoms with Crippen molar-refractivity contribution in [3.63, 3.8) is 0 Å². The van der Waals surface area contributed by atoms with Gasteiger partial charge in [0.1, 0.15) is 0 Å². The fraction of sp³-hybridized carbons (Fsp3) is 0.167. The SMILES string of the molecule is NC(=O)Cc1ccc(NC(=O)[C@H]2CC(c3ccc(Cl)cc3Cl)=NO2)cc1. The lowest BCUT2D eigenvalue weighted by molar-refractivity contribution is -0.125. The lowest BCUT2D eigenvalue weighted by Crippen LogP contribution is -2.28. The number of hydrogen-bond acceptors (Lipinski definition) is 4. The molecule has 8 heteroatoms. The number of primary amides is 1. The van der Waals surface area contributed by atoms with E-state index in [9.17, 15) is 9.59 Å². The molecule has 2 amide bonds. The highest BCUT2D eigenvalue weighted by atomic mass is 35.5. The summed E-state index contributed by atoms with van der Waals surface area (Å²) in [6.07, 6.45) is -0.298. The van der Waals surface area contributed by atoms with Crippen LogP contribution in [0, 0.1) is 0 Å². The van der Waals surface area contributed by atoms with Gasteiger partial charge in [0.05, 0.1) is 17.2 Å². The molecule has 3 N–H and O–H groups in total. The standard InChI is InChI=1S/C18H15Cl2N3O3/c19-11-3-6-13(14(20)8-11)15-9-16(26-23-15)18(25)22-12-4-1-10(2-5-12)7-17(21)24/h1-6,8,16H,7,9H2,(H2,21,24)(H,22,25)/t16-/m1/s1. The number of benzene rings is 2. The van der Waals surface area contributed by atoms with Crippen LogP contribution in [-0.4, -0.2) is 23.6 Å². The minimum Gasteiger partial charge on any atom is -0.382 e. The molecule has 0 spiro atoms. The molecule has 134 valence electrons. The van der Waals surface area contributed by atoms with Gasteiger partial charge in [-0.1, -0.05) is 46.6 Å². The molecular formula is C18H15Cl2N3O3. The lowest BCUT2D eigenvalue weighted by Gasteiger charge is -2.10. The Hall–Kier alpha value is -2.57. The number of carbonyl (C=O) groups is 2. The van der Waals surface area contributed by atoms with E-state index in [1.165, 1.54) is 0 Å². The van der Waals surface area contributed by atoms with Crippen LogP contribution in [0.3, 0.4) is 0 Å². The number of nitrogens with two attached hydrogens (primary N) is 1. The number of halogens is 2. The molecule has 1 atom stereocenters. The molecule has 1 heterocycles. The summed E-state index contributed by atoms with van der Waals surface area (Å²) in [5, 5.41) is 7.69. The predicted molar refractivity (Wildman–Crippen MR) is 100 cm³/mol. The number of hydrogen-bond donors (Lipinski definition) is 2. The Morgan fingerprint density at radius 2 is 1.92 bits per heavy atom. The van der Waals surface area contributed by atoms with Crippen LogP contribution in [-0.2, 0) is 20.8 Å². The lowest BCUT2D eigenvalue weighted by atomic mass is 10.0. The van der Waals surface area contributed by atoms with Gasteiger partial charge in [0.15, 0.2) is 0 Å². The van der Waals surface area contributed by atoms with Crippen LogP contribution in [0.2, 0.25) is 10.0 Å². The van der Waals surface area contributed by atoms with E-state index >= 15 is 0 Å². The van der Waals surface area contributed by atoms with Crippen LogP contribution >= 0.6 is 23.2 Å². The van der Waals surface area contributed by atoms with E-state index in [-0.39, 0.29) is 12.3 Å². The first-order valence-corrected chi connectivity index (χ1v) is 8.54. The quantitative estimate of drug-likeness (QED) is 0.819. The smallest absolute Gasteiger partial charge is 0.268 e. The van der Waals surface area contributed by atoms with Crippen molar-refractivity contribution in [1.82, 2.24) is 0 Å². The highest BCUT2D eigenvalue weighted by Crippen LogP contribution is 2.26. The van der Waals surface area contributed by atoms with E-state index in [4.69, 9.17) is 33.8 Å². The van der Waals surface area contributed by atoms with Gasteiger partial charge in [-0.05, 0) is 29.8 Å². The number of carbonyl (C=O) groups excluding carboxylic acids is 2. The summed E-state index contributed by atoms with van der Waals surface area (Å²) in [6, 6.07) is 11.9. The maximum absolute atomic E-state index is 12.4. The Bertz CT molecular complexity index is 882. The zero-order chi connectivity index (χ0) is 18.7. The van der Waals surface area contributed by atoms with E-state index in [1.807, 2.05) is 0 Å². The number of amides is 2. The summed E-state index contributed by atoms with van der Waals surface area (Å²) in [6.45, 7) is 0. The number of nitrogens with zero attached hydrogens (tertiary/aromatic N) is 1. The van der Waals surface area contributed by atoms with Gasteiger partial charge in [0.25, 0.3) is 5.91 Å². The van der Waals surface area contributed by atoms with Crippen molar-refractivity contribution in [3.8, 4) is 0 Å². The summed E-state index contributed by atoms with van der Waals surface area (Å²) < 4.78 is 0. The third-order valence-corrected chi connectivity index (χ3v) is 4.35. The summed E-state index contributed by atoms with van der Waals surface area (Å²) in [5.74, 6) is -0.733. The van der Waals surface area contributed by atoms with Crippen LogP contribution < -0.4 is 11.1 Å². The van der Waals surface area contributed by atoms with Crippen LogP contribution in [0.4, 0.5) is 5.69 Å². The Labute approximate surface area is 159 Å². The third kappa shape index (κ3) is 4.33. The molecule has 2 aromatic rings. The summed E-state index contributed by atoms with van der Waals surface area (Å²) in [5.41, 5.74) is 7.78. The Morgan fingerprint density at radius 1 is 1.19 bits per heavy atom. The van der Waals surface area contributed by atoms with Gasteiger partial charge >= 0.3 is 0 Å². The normalized spacial score (nSPS) is 15.9. The molecule has 2 aromatic carbocycles. The molecule has 1 aliphatic heterocycles. The molecule has 0 aliphatic carbocycles.